The molecule has 0 aliphatic rings. The number of rotatable bonds is 9. The molecule has 0 aliphatic carbocycles. The quantitative estimate of drug-likeness (QED) is 0.515. The Balaban J connectivity index is 1.86. The van der Waals surface area contributed by atoms with Crippen molar-refractivity contribution >= 4 is 23.5 Å². The molecule has 0 heterocycles. The van der Waals surface area contributed by atoms with Crippen LogP contribution >= 0.6 is 11.6 Å². The van der Waals surface area contributed by atoms with Gasteiger partial charge in [-0.1, -0.05) is 35.9 Å². The third kappa shape index (κ3) is 6.90. The lowest BCUT2D eigenvalue weighted by Gasteiger charge is -2.18. The summed E-state index contributed by atoms with van der Waals surface area (Å²) in [7, 11) is 1.29. The predicted octanol–water partition coefficient (Wildman–Crippen LogP) is 4.06. The van der Waals surface area contributed by atoms with Gasteiger partial charge in [-0.3, -0.25) is 9.59 Å². The van der Waals surface area contributed by atoms with E-state index < -0.39 is 17.8 Å². The Morgan fingerprint density at radius 3 is 2.52 bits per heavy atom. The standard InChI is InChI=1S/C20H21ClFNO4/c1-26-20(25)13-17(14-8-10-15(21)11-9-14)23-19(24)7-4-12-27-18-6-3-2-5-16(18)22/h2-3,5-6,8-11,17H,4,7,12-13H2,1H3,(H,23,24). The fraction of sp³-hybridized carbons (Fsp3) is 0.300. The van der Waals surface area contributed by atoms with Crippen molar-refractivity contribution in [3.05, 3.63) is 64.9 Å². The summed E-state index contributed by atoms with van der Waals surface area (Å²) in [5.41, 5.74) is 0.751. The van der Waals surface area contributed by atoms with E-state index in [0.29, 0.717) is 11.4 Å². The molecular weight excluding hydrogens is 373 g/mol. The number of halogens is 2. The summed E-state index contributed by atoms with van der Waals surface area (Å²) in [5.74, 6) is -0.959. The molecule has 1 unspecified atom stereocenters. The Labute approximate surface area is 162 Å². The van der Waals surface area contributed by atoms with Crippen molar-refractivity contribution in [1.29, 1.82) is 0 Å². The first-order chi connectivity index (χ1) is 13.0. The molecule has 2 aromatic carbocycles. The van der Waals surface area contributed by atoms with Crippen LogP contribution in [0.15, 0.2) is 48.5 Å². The topological polar surface area (TPSA) is 64.6 Å². The Morgan fingerprint density at radius 2 is 1.85 bits per heavy atom. The third-order valence-electron chi connectivity index (χ3n) is 3.85. The second-order valence-corrected chi connectivity index (χ2v) is 6.27. The molecule has 1 amide bonds. The second-order valence-electron chi connectivity index (χ2n) is 5.83. The van der Waals surface area contributed by atoms with Gasteiger partial charge in [0.2, 0.25) is 5.91 Å². The summed E-state index contributed by atoms with van der Waals surface area (Å²) in [6, 6.07) is 12.5. The number of para-hydroxylation sites is 1. The third-order valence-corrected chi connectivity index (χ3v) is 4.10. The van der Waals surface area contributed by atoms with Crippen LogP contribution in [0, 0.1) is 5.82 Å². The van der Waals surface area contributed by atoms with Crippen LogP contribution in [0.5, 0.6) is 5.75 Å². The minimum atomic E-state index is -0.519. The van der Waals surface area contributed by atoms with E-state index in [4.69, 9.17) is 21.1 Å². The Bertz CT molecular complexity index is 767. The minimum Gasteiger partial charge on any atom is -0.491 e. The zero-order valence-corrected chi connectivity index (χ0v) is 15.7. The van der Waals surface area contributed by atoms with Gasteiger partial charge in [0.25, 0.3) is 0 Å². The molecule has 0 saturated heterocycles. The highest BCUT2D eigenvalue weighted by Crippen LogP contribution is 2.20. The molecule has 2 aromatic rings. The number of carbonyl (C=O) groups excluding carboxylic acids is 2. The monoisotopic (exact) mass is 393 g/mol. The maximum atomic E-state index is 13.5. The largest absolute Gasteiger partial charge is 0.491 e. The van der Waals surface area contributed by atoms with Gasteiger partial charge in [0.1, 0.15) is 0 Å². The number of esters is 1. The molecule has 1 N–H and O–H groups in total. The predicted molar refractivity (Wildman–Crippen MR) is 100 cm³/mol. The number of benzene rings is 2. The number of nitrogens with one attached hydrogen (secondary N) is 1. The van der Waals surface area contributed by atoms with Crippen molar-refractivity contribution < 1.29 is 23.5 Å². The fourth-order valence-corrected chi connectivity index (χ4v) is 2.57. The maximum absolute atomic E-state index is 13.5. The van der Waals surface area contributed by atoms with Gasteiger partial charge in [0.15, 0.2) is 11.6 Å². The van der Waals surface area contributed by atoms with Crippen molar-refractivity contribution in [1.82, 2.24) is 5.32 Å². The maximum Gasteiger partial charge on any atom is 0.307 e. The smallest absolute Gasteiger partial charge is 0.307 e. The lowest BCUT2D eigenvalue weighted by Crippen LogP contribution is -2.30. The van der Waals surface area contributed by atoms with Crippen LogP contribution in [0.4, 0.5) is 4.39 Å². The Morgan fingerprint density at radius 1 is 1.15 bits per heavy atom. The first-order valence-corrected chi connectivity index (χ1v) is 8.86. The van der Waals surface area contributed by atoms with Gasteiger partial charge in [-0.25, -0.2) is 4.39 Å². The van der Waals surface area contributed by atoms with E-state index in [1.807, 2.05) is 0 Å². The number of amides is 1. The van der Waals surface area contributed by atoms with E-state index in [9.17, 15) is 14.0 Å². The second kappa shape index (κ2) is 10.5. The molecule has 0 fully saturated rings. The van der Waals surface area contributed by atoms with Gasteiger partial charge >= 0.3 is 5.97 Å². The number of carbonyl (C=O) groups is 2. The van der Waals surface area contributed by atoms with Gasteiger partial charge in [0.05, 0.1) is 26.2 Å². The van der Waals surface area contributed by atoms with Gasteiger partial charge in [-0.2, -0.15) is 0 Å². The highest BCUT2D eigenvalue weighted by molar-refractivity contribution is 6.30. The number of hydrogen-bond acceptors (Lipinski definition) is 4. The summed E-state index contributed by atoms with van der Waals surface area (Å²) < 4.78 is 23.5. The first-order valence-electron chi connectivity index (χ1n) is 8.48. The van der Waals surface area contributed by atoms with Crippen molar-refractivity contribution in [3.8, 4) is 5.75 Å². The van der Waals surface area contributed by atoms with Crippen LogP contribution in [-0.2, 0) is 14.3 Å². The lowest BCUT2D eigenvalue weighted by atomic mass is 10.0. The average Bonchev–Trinajstić information content (AvgIpc) is 2.66. The summed E-state index contributed by atoms with van der Waals surface area (Å²) in [5, 5.41) is 3.38. The van der Waals surface area contributed by atoms with Crippen LogP contribution in [0.25, 0.3) is 0 Å². The highest BCUT2D eigenvalue weighted by Gasteiger charge is 2.19. The van der Waals surface area contributed by atoms with Crippen LogP contribution in [0.1, 0.15) is 30.9 Å². The van der Waals surface area contributed by atoms with Crippen molar-refractivity contribution in [2.75, 3.05) is 13.7 Å². The average molecular weight is 394 g/mol. The molecule has 7 heteroatoms. The molecule has 5 nitrogen and oxygen atoms in total. The zero-order chi connectivity index (χ0) is 19.6. The zero-order valence-electron chi connectivity index (χ0n) is 14.9. The van der Waals surface area contributed by atoms with Crippen LogP contribution in [-0.4, -0.2) is 25.6 Å². The summed E-state index contributed by atoms with van der Waals surface area (Å²) in [6.07, 6.45) is 0.598. The fourth-order valence-electron chi connectivity index (χ4n) is 2.44. The molecule has 0 aromatic heterocycles. The Hall–Kier alpha value is -2.60. The number of ether oxygens (including phenoxy) is 2. The molecule has 2 rings (SSSR count). The van der Waals surface area contributed by atoms with Crippen LogP contribution in [0.3, 0.4) is 0 Å². The van der Waals surface area contributed by atoms with Gasteiger partial charge in [-0.05, 0) is 36.2 Å². The summed E-state index contributed by atoms with van der Waals surface area (Å²) >= 11 is 5.88. The molecule has 0 radical (unpaired) electrons. The SMILES string of the molecule is COC(=O)CC(NC(=O)CCCOc1ccccc1F)c1ccc(Cl)cc1. The molecular formula is C20H21ClFNO4. The molecule has 0 spiro atoms. The molecule has 1 atom stereocenters. The highest BCUT2D eigenvalue weighted by atomic mass is 35.5. The van der Waals surface area contributed by atoms with E-state index in [1.54, 1.807) is 36.4 Å². The Kier molecular flexibility index (Phi) is 8.07. The molecule has 0 aliphatic heterocycles. The minimum absolute atomic E-state index is 0.00952. The van der Waals surface area contributed by atoms with E-state index >= 15 is 0 Å². The van der Waals surface area contributed by atoms with Crippen molar-refractivity contribution in [3.63, 3.8) is 0 Å². The normalized spacial score (nSPS) is 11.5. The van der Waals surface area contributed by atoms with Crippen molar-refractivity contribution in [2.24, 2.45) is 0 Å². The van der Waals surface area contributed by atoms with Crippen LogP contribution in [0.2, 0.25) is 5.02 Å². The van der Waals surface area contributed by atoms with E-state index in [0.717, 1.165) is 5.56 Å². The molecule has 0 saturated carbocycles. The lowest BCUT2D eigenvalue weighted by molar-refractivity contribution is -0.141. The molecule has 27 heavy (non-hydrogen) atoms. The first kappa shape index (κ1) is 20.7. The van der Waals surface area contributed by atoms with Crippen molar-refractivity contribution in [2.45, 2.75) is 25.3 Å². The summed E-state index contributed by atoms with van der Waals surface area (Å²) in [6.45, 7) is 0.205. The van der Waals surface area contributed by atoms with E-state index in [2.05, 4.69) is 5.32 Å². The van der Waals surface area contributed by atoms with Gasteiger partial charge < -0.3 is 14.8 Å². The van der Waals surface area contributed by atoms with Crippen LogP contribution < -0.4 is 10.1 Å². The number of methoxy groups -OCH3 is 1. The summed E-state index contributed by atoms with van der Waals surface area (Å²) in [4.78, 5) is 23.9. The van der Waals surface area contributed by atoms with E-state index in [1.165, 1.54) is 19.2 Å². The van der Waals surface area contributed by atoms with Gasteiger partial charge in [0, 0.05) is 11.4 Å². The molecule has 144 valence electrons. The molecule has 0 bridgehead atoms. The van der Waals surface area contributed by atoms with E-state index in [-0.39, 0.29) is 31.1 Å². The van der Waals surface area contributed by atoms with Gasteiger partial charge in [-0.15, -0.1) is 0 Å². The number of hydrogen-bond donors (Lipinski definition) is 1.